The van der Waals surface area contributed by atoms with Crippen LogP contribution in [0.15, 0.2) is 64.3 Å². The normalized spacial score (nSPS) is 11.4. The van der Waals surface area contributed by atoms with Crippen molar-refractivity contribution in [1.82, 2.24) is 19.5 Å². The SMILES string of the molecule is CN(C)c1ncnc2c1ncn2Cc1oc2cccc(F)c2c(=O)c1-c1cccc(F)c1. The topological polar surface area (TPSA) is 77.1 Å². The molecule has 5 rings (SSSR count). The fourth-order valence-corrected chi connectivity index (χ4v) is 3.76. The first kappa shape index (κ1) is 19.8. The molecule has 0 aliphatic rings. The van der Waals surface area contributed by atoms with Crippen molar-refractivity contribution in [1.29, 1.82) is 0 Å². The molecule has 3 heterocycles. The molecule has 0 aliphatic carbocycles. The maximum atomic E-state index is 14.5. The van der Waals surface area contributed by atoms with Crippen LogP contribution in [0.3, 0.4) is 0 Å². The molecule has 7 nitrogen and oxygen atoms in total. The molecule has 5 aromatic rings. The predicted octanol–water partition coefficient (Wildman–Crippen LogP) is 3.99. The lowest BCUT2D eigenvalue weighted by molar-refractivity contribution is 0.518. The zero-order valence-electron chi connectivity index (χ0n) is 17.2. The summed E-state index contributed by atoms with van der Waals surface area (Å²) in [5.74, 6) is -0.334. The van der Waals surface area contributed by atoms with Gasteiger partial charge in [0.15, 0.2) is 17.0 Å². The third-order valence-corrected chi connectivity index (χ3v) is 5.17. The van der Waals surface area contributed by atoms with E-state index in [9.17, 15) is 13.6 Å². The van der Waals surface area contributed by atoms with E-state index in [-0.39, 0.29) is 28.8 Å². The second-order valence-corrected chi connectivity index (χ2v) is 7.49. The van der Waals surface area contributed by atoms with E-state index in [0.29, 0.717) is 22.5 Å². The van der Waals surface area contributed by atoms with Gasteiger partial charge in [-0.05, 0) is 29.8 Å². The molecule has 3 aromatic heterocycles. The molecule has 32 heavy (non-hydrogen) atoms. The molecule has 0 atom stereocenters. The number of anilines is 1. The van der Waals surface area contributed by atoms with Crippen LogP contribution in [-0.4, -0.2) is 33.6 Å². The van der Waals surface area contributed by atoms with E-state index in [4.69, 9.17) is 4.42 Å². The molecule has 0 radical (unpaired) electrons. The van der Waals surface area contributed by atoms with E-state index >= 15 is 0 Å². The van der Waals surface area contributed by atoms with E-state index in [1.54, 1.807) is 17.0 Å². The standard InChI is InChI=1S/C23H17F2N5O2/c1-29(2)22-20-23(27-11-26-22)30(12-28-20)10-17-18(13-5-3-6-14(24)9-13)21(31)19-15(25)7-4-8-16(19)32-17/h3-9,11-12H,10H2,1-2H3. The Balaban J connectivity index is 1.76. The molecular formula is C23H17F2N5O2. The second kappa shape index (κ2) is 7.52. The summed E-state index contributed by atoms with van der Waals surface area (Å²) in [6.45, 7) is 0.0773. The van der Waals surface area contributed by atoms with Crippen molar-refractivity contribution < 1.29 is 13.2 Å². The van der Waals surface area contributed by atoms with Crippen molar-refractivity contribution in [2.45, 2.75) is 6.54 Å². The van der Waals surface area contributed by atoms with Crippen LogP contribution in [0.25, 0.3) is 33.3 Å². The lowest BCUT2D eigenvalue weighted by atomic mass is 10.0. The van der Waals surface area contributed by atoms with Gasteiger partial charge in [0.1, 0.15) is 34.7 Å². The molecule has 0 amide bonds. The monoisotopic (exact) mass is 433 g/mol. The molecule has 0 N–H and O–H groups in total. The van der Waals surface area contributed by atoms with Crippen LogP contribution in [0, 0.1) is 11.6 Å². The smallest absolute Gasteiger partial charge is 0.203 e. The molecular weight excluding hydrogens is 416 g/mol. The number of rotatable bonds is 4. The summed E-state index contributed by atoms with van der Waals surface area (Å²) in [7, 11) is 3.69. The van der Waals surface area contributed by atoms with Gasteiger partial charge >= 0.3 is 0 Å². The van der Waals surface area contributed by atoms with Gasteiger partial charge in [0.05, 0.1) is 18.4 Å². The fourth-order valence-electron chi connectivity index (χ4n) is 3.76. The maximum Gasteiger partial charge on any atom is 0.203 e. The summed E-state index contributed by atoms with van der Waals surface area (Å²) in [5, 5.41) is -0.178. The summed E-state index contributed by atoms with van der Waals surface area (Å²) >= 11 is 0. The summed E-state index contributed by atoms with van der Waals surface area (Å²) in [5.41, 5.74) is 1.05. The Bertz CT molecular complexity index is 1540. The van der Waals surface area contributed by atoms with E-state index in [1.165, 1.54) is 42.7 Å². The van der Waals surface area contributed by atoms with Crippen molar-refractivity contribution in [2.24, 2.45) is 0 Å². The Morgan fingerprint density at radius 2 is 1.88 bits per heavy atom. The maximum absolute atomic E-state index is 14.5. The molecule has 0 bridgehead atoms. The van der Waals surface area contributed by atoms with Crippen LogP contribution in [0.4, 0.5) is 14.6 Å². The van der Waals surface area contributed by atoms with Crippen molar-refractivity contribution in [2.75, 3.05) is 19.0 Å². The number of benzene rings is 2. The number of hydrogen-bond donors (Lipinski definition) is 0. The lowest BCUT2D eigenvalue weighted by Crippen LogP contribution is -2.13. The van der Waals surface area contributed by atoms with Crippen LogP contribution in [0.1, 0.15) is 5.76 Å². The highest BCUT2D eigenvalue weighted by Gasteiger charge is 2.21. The highest BCUT2D eigenvalue weighted by atomic mass is 19.1. The summed E-state index contributed by atoms with van der Waals surface area (Å²) in [6.07, 6.45) is 2.99. The van der Waals surface area contributed by atoms with Gasteiger partial charge < -0.3 is 13.9 Å². The van der Waals surface area contributed by atoms with Crippen molar-refractivity contribution >= 4 is 28.0 Å². The molecule has 0 fully saturated rings. The third kappa shape index (κ3) is 3.18. The number of halogens is 2. The van der Waals surface area contributed by atoms with Crippen molar-refractivity contribution in [3.05, 3.63) is 82.7 Å². The summed E-state index contributed by atoms with van der Waals surface area (Å²) in [6, 6.07) is 9.76. The Kier molecular flexibility index (Phi) is 4.66. The molecule has 0 saturated carbocycles. The number of hydrogen-bond acceptors (Lipinski definition) is 6. The van der Waals surface area contributed by atoms with Crippen molar-refractivity contribution in [3.63, 3.8) is 0 Å². The van der Waals surface area contributed by atoms with Gasteiger partial charge in [-0.15, -0.1) is 0 Å². The van der Waals surface area contributed by atoms with Crippen LogP contribution >= 0.6 is 0 Å². The van der Waals surface area contributed by atoms with Gasteiger partial charge in [-0.3, -0.25) is 4.79 Å². The molecule has 0 unspecified atom stereocenters. The quantitative estimate of drug-likeness (QED) is 0.427. The van der Waals surface area contributed by atoms with Gasteiger partial charge in [-0.25, -0.2) is 23.7 Å². The predicted molar refractivity (Wildman–Crippen MR) is 117 cm³/mol. The van der Waals surface area contributed by atoms with Crippen LogP contribution < -0.4 is 10.3 Å². The number of fused-ring (bicyclic) bond motifs is 2. The average Bonchev–Trinajstić information content (AvgIpc) is 3.16. The Hall–Kier alpha value is -4.14. The molecule has 0 saturated heterocycles. The first-order chi connectivity index (χ1) is 15.4. The van der Waals surface area contributed by atoms with E-state index < -0.39 is 17.1 Å². The number of imidazole rings is 1. The van der Waals surface area contributed by atoms with Crippen LogP contribution in [-0.2, 0) is 6.54 Å². The zero-order chi connectivity index (χ0) is 22.4. The summed E-state index contributed by atoms with van der Waals surface area (Å²) in [4.78, 5) is 28.1. The minimum absolute atomic E-state index is 0.0773. The first-order valence-electron chi connectivity index (χ1n) is 9.77. The Morgan fingerprint density at radius 3 is 2.66 bits per heavy atom. The third-order valence-electron chi connectivity index (χ3n) is 5.17. The second-order valence-electron chi connectivity index (χ2n) is 7.49. The number of nitrogens with zero attached hydrogens (tertiary/aromatic N) is 5. The van der Waals surface area contributed by atoms with Gasteiger partial charge in [0, 0.05) is 14.1 Å². The molecule has 9 heteroatoms. The molecule has 160 valence electrons. The molecule has 0 spiro atoms. The highest BCUT2D eigenvalue weighted by Crippen LogP contribution is 2.28. The lowest BCUT2D eigenvalue weighted by Gasteiger charge is -2.13. The minimum Gasteiger partial charge on any atom is -0.458 e. The van der Waals surface area contributed by atoms with Crippen molar-refractivity contribution in [3.8, 4) is 11.1 Å². The van der Waals surface area contributed by atoms with Gasteiger partial charge in [-0.2, -0.15) is 0 Å². The Labute approximate surface area is 180 Å². The average molecular weight is 433 g/mol. The minimum atomic E-state index is -0.697. The van der Waals surface area contributed by atoms with E-state index in [2.05, 4.69) is 15.0 Å². The molecule has 0 aliphatic heterocycles. The first-order valence-corrected chi connectivity index (χ1v) is 9.77. The van der Waals surface area contributed by atoms with Crippen LogP contribution in [0.2, 0.25) is 0 Å². The van der Waals surface area contributed by atoms with Gasteiger partial charge in [-0.1, -0.05) is 18.2 Å². The largest absolute Gasteiger partial charge is 0.458 e. The van der Waals surface area contributed by atoms with Gasteiger partial charge in [0.2, 0.25) is 5.43 Å². The van der Waals surface area contributed by atoms with Gasteiger partial charge in [0.25, 0.3) is 0 Å². The van der Waals surface area contributed by atoms with E-state index in [0.717, 1.165) is 0 Å². The zero-order valence-corrected chi connectivity index (χ0v) is 17.2. The van der Waals surface area contributed by atoms with E-state index in [1.807, 2.05) is 19.0 Å². The summed E-state index contributed by atoms with van der Waals surface area (Å²) < 4.78 is 36.1. The highest BCUT2D eigenvalue weighted by molar-refractivity contribution is 5.84. The van der Waals surface area contributed by atoms with Crippen LogP contribution in [0.5, 0.6) is 0 Å². The molecule has 2 aromatic carbocycles. The fraction of sp³-hybridized carbons (Fsp3) is 0.130. The number of aromatic nitrogens is 4. The Morgan fingerprint density at radius 1 is 1.06 bits per heavy atom.